The van der Waals surface area contributed by atoms with Gasteiger partial charge in [0, 0.05) is 26.3 Å². The maximum atomic E-state index is 12.0. The minimum absolute atomic E-state index is 0.0693. The predicted octanol–water partition coefficient (Wildman–Crippen LogP) is 1.02. The van der Waals surface area contributed by atoms with Crippen molar-refractivity contribution in [2.24, 2.45) is 17.8 Å². The van der Waals surface area contributed by atoms with Crippen molar-refractivity contribution in [1.29, 1.82) is 0 Å². The highest BCUT2D eigenvalue weighted by molar-refractivity contribution is 5.79. The maximum absolute atomic E-state index is 12.0. The third-order valence-corrected chi connectivity index (χ3v) is 3.47. The van der Waals surface area contributed by atoms with E-state index in [2.05, 4.69) is 24.5 Å². The predicted molar refractivity (Wildman–Crippen MR) is 68.8 cm³/mol. The highest BCUT2D eigenvalue weighted by atomic mass is 16.5. The Morgan fingerprint density at radius 2 is 2.00 bits per heavy atom. The smallest absolute Gasteiger partial charge is 0.224 e. The van der Waals surface area contributed by atoms with Gasteiger partial charge in [-0.25, -0.2) is 0 Å². The minimum atomic E-state index is 0.0693. The molecular formula is C13H26N2O2. The Morgan fingerprint density at radius 3 is 2.53 bits per heavy atom. The summed E-state index contributed by atoms with van der Waals surface area (Å²) in [6.07, 6.45) is 2.14. The molecule has 0 bridgehead atoms. The summed E-state index contributed by atoms with van der Waals surface area (Å²) in [4.78, 5) is 12.0. The van der Waals surface area contributed by atoms with Crippen LogP contribution in [0.5, 0.6) is 0 Å². The van der Waals surface area contributed by atoms with E-state index in [4.69, 9.17) is 4.74 Å². The summed E-state index contributed by atoms with van der Waals surface area (Å²) in [5, 5.41) is 6.17. The molecule has 1 fully saturated rings. The Balaban J connectivity index is 2.30. The lowest BCUT2D eigenvalue weighted by Gasteiger charge is -2.25. The zero-order chi connectivity index (χ0) is 12.7. The molecule has 0 aromatic heterocycles. The first-order chi connectivity index (χ1) is 8.15. The number of amides is 1. The van der Waals surface area contributed by atoms with Gasteiger partial charge in [0.05, 0.1) is 5.92 Å². The van der Waals surface area contributed by atoms with Crippen molar-refractivity contribution in [2.75, 3.05) is 33.4 Å². The van der Waals surface area contributed by atoms with E-state index in [0.29, 0.717) is 11.8 Å². The van der Waals surface area contributed by atoms with Crippen molar-refractivity contribution in [2.45, 2.75) is 26.7 Å². The van der Waals surface area contributed by atoms with Crippen LogP contribution in [-0.2, 0) is 9.53 Å². The highest BCUT2D eigenvalue weighted by Gasteiger charge is 2.22. The molecule has 1 aliphatic heterocycles. The number of rotatable bonds is 6. The van der Waals surface area contributed by atoms with Crippen molar-refractivity contribution in [3.8, 4) is 0 Å². The van der Waals surface area contributed by atoms with E-state index in [-0.39, 0.29) is 11.8 Å². The van der Waals surface area contributed by atoms with Gasteiger partial charge < -0.3 is 15.4 Å². The van der Waals surface area contributed by atoms with Crippen LogP contribution in [0.3, 0.4) is 0 Å². The second-order valence-corrected chi connectivity index (χ2v) is 5.21. The average molecular weight is 242 g/mol. The fourth-order valence-electron chi connectivity index (χ4n) is 2.18. The zero-order valence-electron chi connectivity index (χ0n) is 11.3. The first kappa shape index (κ1) is 14.5. The van der Waals surface area contributed by atoms with E-state index < -0.39 is 0 Å². The second kappa shape index (κ2) is 7.67. The molecule has 2 N–H and O–H groups in total. The number of nitrogens with one attached hydrogen (secondary N) is 2. The summed E-state index contributed by atoms with van der Waals surface area (Å²) < 4.78 is 5.31. The molecule has 100 valence electrons. The molecule has 1 saturated heterocycles. The molecule has 0 aromatic carbocycles. The fourth-order valence-corrected chi connectivity index (χ4v) is 2.18. The third-order valence-electron chi connectivity index (χ3n) is 3.47. The van der Waals surface area contributed by atoms with Gasteiger partial charge in [0.15, 0.2) is 0 Å². The standard InChI is InChI=1S/C13H26N2O2/c1-10(2)12(9-14-3)13(16)15-8-11-4-6-17-7-5-11/h10-12,14H,4-9H2,1-3H3,(H,15,16). The van der Waals surface area contributed by atoms with Gasteiger partial charge in [-0.05, 0) is 31.7 Å². The molecule has 1 unspecified atom stereocenters. The SMILES string of the molecule is CNCC(C(=O)NCC1CCOCC1)C(C)C. The molecule has 0 radical (unpaired) electrons. The van der Waals surface area contributed by atoms with E-state index in [0.717, 1.165) is 39.1 Å². The Hall–Kier alpha value is -0.610. The summed E-state index contributed by atoms with van der Waals surface area (Å²) in [7, 11) is 1.89. The van der Waals surface area contributed by atoms with Crippen LogP contribution in [-0.4, -0.2) is 39.3 Å². The highest BCUT2D eigenvalue weighted by Crippen LogP contribution is 2.14. The summed E-state index contributed by atoms with van der Waals surface area (Å²) in [6.45, 7) is 7.41. The van der Waals surface area contributed by atoms with Crippen molar-refractivity contribution in [3.63, 3.8) is 0 Å². The summed E-state index contributed by atoms with van der Waals surface area (Å²) in [6, 6.07) is 0. The quantitative estimate of drug-likeness (QED) is 0.731. The normalized spacial score (nSPS) is 19.3. The van der Waals surface area contributed by atoms with Gasteiger partial charge in [0.2, 0.25) is 5.91 Å². The molecular weight excluding hydrogens is 216 g/mol. The van der Waals surface area contributed by atoms with Crippen LogP contribution in [0.2, 0.25) is 0 Å². The molecule has 0 aliphatic carbocycles. The molecule has 4 nitrogen and oxygen atoms in total. The monoisotopic (exact) mass is 242 g/mol. The van der Waals surface area contributed by atoms with Gasteiger partial charge in [0.1, 0.15) is 0 Å². The van der Waals surface area contributed by atoms with Crippen LogP contribution >= 0.6 is 0 Å². The fraction of sp³-hybridized carbons (Fsp3) is 0.923. The molecule has 0 aromatic rings. The molecule has 1 amide bonds. The van der Waals surface area contributed by atoms with Crippen molar-refractivity contribution < 1.29 is 9.53 Å². The van der Waals surface area contributed by atoms with Crippen molar-refractivity contribution in [3.05, 3.63) is 0 Å². The summed E-state index contributed by atoms with van der Waals surface area (Å²) >= 11 is 0. The number of hydrogen-bond acceptors (Lipinski definition) is 3. The number of ether oxygens (including phenoxy) is 1. The zero-order valence-corrected chi connectivity index (χ0v) is 11.3. The second-order valence-electron chi connectivity index (χ2n) is 5.21. The number of carbonyl (C=O) groups is 1. The first-order valence-electron chi connectivity index (χ1n) is 6.65. The van der Waals surface area contributed by atoms with Gasteiger partial charge in [0.25, 0.3) is 0 Å². The Morgan fingerprint density at radius 1 is 1.35 bits per heavy atom. The molecule has 1 atom stereocenters. The van der Waals surface area contributed by atoms with Gasteiger partial charge in [-0.2, -0.15) is 0 Å². The first-order valence-corrected chi connectivity index (χ1v) is 6.65. The van der Waals surface area contributed by atoms with Gasteiger partial charge in [-0.3, -0.25) is 4.79 Å². The van der Waals surface area contributed by atoms with Crippen LogP contribution in [0.25, 0.3) is 0 Å². The van der Waals surface area contributed by atoms with E-state index in [9.17, 15) is 4.79 Å². The van der Waals surface area contributed by atoms with E-state index in [1.807, 2.05) is 7.05 Å². The van der Waals surface area contributed by atoms with Gasteiger partial charge in [-0.15, -0.1) is 0 Å². The lowest BCUT2D eigenvalue weighted by Crippen LogP contribution is -2.41. The van der Waals surface area contributed by atoms with Gasteiger partial charge >= 0.3 is 0 Å². The molecule has 0 spiro atoms. The van der Waals surface area contributed by atoms with Crippen LogP contribution < -0.4 is 10.6 Å². The van der Waals surface area contributed by atoms with E-state index in [1.54, 1.807) is 0 Å². The summed E-state index contributed by atoms with van der Waals surface area (Å²) in [5.74, 6) is 1.22. The lowest BCUT2D eigenvalue weighted by atomic mass is 9.94. The van der Waals surface area contributed by atoms with Crippen LogP contribution in [0, 0.1) is 17.8 Å². The molecule has 1 aliphatic rings. The molecule has 4 heteroatoms. The van der Waals surface area contributed by atoms with Crippen LogP contribution in [0.15, 0.2) is 0 Å². The molecule has 1 rings (SSSR count). The molecule has 1 heterocycles. The number of hydrogen-bond donors (Lipinski definition) is 2. The topological polar surface area (TPSA) is 50.4 Å². The van der Waals surface area contributed by atoms with E-state index in [1.165, 1.54) is 0 Å². The Labute approximate surface area is 104 Å². The van der Waals surface area contributed by atoms with E-state index >= 15 is 0 Å². The maximum Gasteiger partial charge on any atom is 0.224 e. The van der Waals surface area contributed by atoms with Crippen molar-refractivity contribution in [1.82, 2.24) is 10.6 Å². The Bertz CT molecular complexity index is 225. The largest absolute Gasteiger partial charge is 0.381 e. The van der Waals surface area contributed by atoms with Crippen LogP contribution in [0.1, 0.15) is 26.7 Å². The number of carbonyl (C=O) groups excluding carboxylic acids is 1. The lowest BCUT2D eigenvalue weighted by molar-refractivity contribution is -0.126. The Kier molecular flexibility index (Phi) is 6.52. The minimum Gasteiger partial charge on any atom is -0.381 e. The summed E-state index contributed by atoms with van der Waals surface area (Å²) in [5.41, 5.74) is 0. The van der Waals surface area contributed by atoms with Gasteiger partial charge in [-0.1, -0.05) is 13.8 Å². The van der Waals surface area contributed by atoms with Crippen molar-refractivity contribution >= 4 is 5.91 Å². The average Bonchev–Trinajstić information content (AvgIpc) is 2.34. The molecule has 17 heavy (non-hydrogen) atoms. The van der Waals surface area contributed by atoms with Crippen LogP contribution in [0.4, 0.5) is 0 Å². The third kappa shape index (κ3) is 5.04. The molecule has 0 saturated carbocycles.